The van der Waals surface area contributed by atoms with Crippen LogP contribution in [0.1, 0.15) is 6.92 Å². The lowest BCUT2D eigenvalue weighted by atomic mass is 10.3. The Hall–Kier alpha value is -0.0200. The molecule has 0 heterocycles. The molecule has 2 heteroatoms. The fourth-order valence-corrected chi connectivity index (χ4v) is 0.944. The molecule has 0 saturated carbocycles. The lowest BCUT2D eigenvalue weighted by Gasteiger charge is -1.87. The first-order valence-corrected chi connectivity index (χ1v) is 4.78. The van der Waals surface area contributed by atoms with E-state index in [4.69, 9.17) is 11.6 Å². The number of hydrogen-bond donors (Lipinski definition) is 0. The van der Waals surface area contributed by atoms with E-state index >= 15 is 0 Å². The molecule has 0 saturated heterocycles. The smallest absolute Gasteiger partial charge is 0.0363 e. The average molecular weight is 281 g/mol. The fourth-order valence-electron chi connectivity index (χ4n) is 0.419. The molecule has 0 fully saturated rings. The van der Waals surface area contributed by atoms with Crippen LogP contribution in [0.5, 0.6) is 0 Å². The summed E-state index contributed by atoms with van der Waals surface area (Å²) in [5.41, 5.74) is 0.944. The highest BCUT2D eigenvalue weighted by Crippen LogP contribution is 2.05. The van der Waals surface area contributed by atoms with Crippen molar-refractivity contribution >= 4 is 34.2 Å². The molecule has 11 heavy (non-hydrogen) atoms. The molecule has 0 bridgehead atoms. The van der Waals surface area contributed by atoms with Crippen LogP contribution in [0.3, 0.4) is 0 Å². The zero-order valence-electron chi connectivity index (χ0n) is 6.35. The van der Waals surface area contributed by atoms with Gasteiger partial charge in [0.1, 0.15) is 0 Å². The Morgan fingerprint density at radius 3 is 2.45 bits per heavy atom. The molecule has 0 rings (SSSR count). The highest BCUT2D eigenvalue weighted by Gasteiger charge is 1.81. The third-order valence-corrected chi connectivity index (χ3v) is 1.71. The maximum Gasteiger partial charge on any atom is 0.0363 e. The molecule has 0 atom stereocenters. The molecule has 0 nitrogen and oxygen atoms in total. The van der Waals surface area contributed by atoms with Crippen LogP contribution in [0.15, 0.2) is 45.6 Å². The van der Waals surface area contributed by atoms with Crippen LogP contribution in [-0.4, -0.2) is 0 Å². The van der Waals surface area contributed by atoms with E-state index in [1.54, 1.807) is 0 Å². The van der Waals surface area contributed by atoms with Crippen LogP contribution in [0.4, 0.5) is 0 Å². The van der Waals surface area contributed by atoms with Gasteiger partial charge in [0.05, 0.1) is 0 Å². The van der Waals surface area contributed by atoms with E-state index in [9.17, 15) is 0 Å². The topological polar surface area (TPSA) is 0 Å². The van der Waals surface area contributed by atoms with Gasteiger partial charge in [-0.2, -0.15) is 0 Å². The minimum atomic E-state index is 0.730. The number of halogens is 2. The second kappa shape index (κ2) is 6.68. The van der Waals surface area contributed by atoms with Crippen molar-refractivity contribution in [2.45, 2.75) is 6.92 Å². The van der Waals surface area contributed by atoms with Gasteiger partial charge >= 0.3 is 0 Å². The SMILES string of the molecule is C=C(/C=C\C(Cl)=C/C)/C=C/I. The average Bonchev–Trinajstić information content (AvgIpc) is 2.01. The minimum Gasteiger partial charge on any atom is -0.0917 e. The minimum absolute atomic E-state index is 0.730. The number of hydrogen-bond acceptors (Lipinski definition) is 0. The summed E-state index contributed by atoms with van der Waals surface area (Å²) >= 11 is 7.86. The summed E-state index contributed by atoms with van der Waals surface area (Å²) in [6.45, 7) is 5.68. The third kappa shape index (κ3) is 6.38. The molecular weight excluding hydrogens is 270 g/mol. The second-order valence-electron chi connectivity index (χ2n) is 1.87. The van der Waals surface area contributed by atoms with Gasteiger partial charge in [0, 0.05) is 5.03 Å². The summed E-state index contributed by atoms with van der Waals surface area (Å²) < 4.78 is 1.91. The molecule has 0 amide bonds. The molecule has 0 N–H and O–H groups in total. The Morgan fingerprint density at radius 2 is 2.00 bits per heavy atom. The summed E-state index contributed by atoms with van der Waals surface area (Å²) in [5.74, 6) is 0. The fraction of sp³-hybridized carbons (Fsp3) is 0.111. The molecule has 0 aliphatic heterocycles. The van der Waals surface area contributed by atoms with Crippen molar-refractivity contribution in [3.05, 3.63) is 45.6 Å². The number of rotatable bonds is 3. The Labute approximate surface area is 86.5 Å². The van der Waals surface area contributed by atoms with Crippen LogP contribution in [0, 0.1) is 0 Å². The van der Waals surface area contributed by atoms with E-state index in [2.05, 4.69) is 29.2 Å². The summed E-state index contributed by atoms with van der Waals surface area (Å²) in [7, 11) is 0. The van der Waals surface area contributed by atoms with Gasteiger partial charge in [-0.3, -0.25) is 0 Å². The monoisotopic (exact) mass is 280 g/mol. The lowest BCUT2D eigenvalue weighted by molar-refractivity contribution is 1.67. The predicted molar refractivity (Wildman–Crippen MR) is 61.1 cm³/mol. The molecule has 0 aromatic carbocycles. The van der Waals surface area contributed by atoms with E-state index in [-0.39, 0.29) is 0 Å². The predicted octanol–water partition coefficient (Wildman–Crippen LogP) is 4.19. The third-order valence-electron chi connectivity index (χ3n) is 1.01. The van der Waals surface area contributed by atoms with Crippen LogP contribution in [-0.2, 0) is 0 Å². The van der Waals surface area contributed by atoms with Gasteiger partial charge in [0.15, 0.2) is 0 Å². The van der Waals surface area contributed by atoms with Gasteiger partial charge in [-0.1, -0.05) is 52.9 Å². The van der Waals surface area contributed by atoms with Crippen LogP contribution < -0.4 is 0 Å². The van der Waals surface area contributed by atoms with Crippen molar-refractivity contribution < 1.29 is 0 Å². The van der Waals surface area contributed by atoms with E-state index < -0.39 is 0 Å². The molecule has 0 aliphatic rings. The van der Waals surface area contributed by atoms with Crippen molar-refractivity contribution in [1.29, 1.82) is 0 Å². The molecule has 0 aliphatic carbocycles. The quantitative estimate of drug-likeness (QED) is 0.537. The van der Waals surface area contributed by atoms with Crippen LogP contribution >= 0.6 is 34.2 Å². The molecule has 0 spiro atoms. The van der Waals surface area contributed by atoms with Crippen LogP contribution in [0.2, 0.25) is 0 Å². The highest BCUT2D eigenvalue weighted by molar-refractivity contribution is 14.1. The maximum absolute atomic E-state index is 5.72. The molecule has 0 unspecified atom stereocenters. The van der Waals surface area contributed by atoms with Gasteiger partial charge < -0.3 is 0 Å². The van der Waals surface area contributed by atoms with E-state index in [0.717, 1.165) is 10.6 Å². The van der Waals surface area contributed by atoms with Gasteiger partial charge in [-0.15, -0.1) is 0 Å². The van der Waals surface area contributed by atoms with Gasteiger partial charge in [0.25, 0.3) is 0 Å². The molecule has 0 aromatic heterocycles. The Kier molecular flexibility index (Phi) is 6.66. The van der Waals surface area contributed by atoms with Gasteiger partial charge in [-0.25, -0.2) is 0 Å². The normalized spacial score (nSPS) is 13.2. The molecule has 0 aromatic rings. The largest absolute Gasteiger partial charge is 0.0917 e. The Balaban J connectivity index is 4.03. The molecular formula is C9H10ClI. The molecule has 60 valence electrons. The van der Waals surface area contributed by atoms with Crippen molar-refractivity contribution in [3.8, 4) is 0 Å². The first kappa shape index (κ1) is 11.0. The molecule has 0 radical (unpaired) electrons. The van der Waals surface area contributed by atoms with E-state index in [0.29, 0.717) is 0 Å². The van der Waals surface area contributed by atoms with Crippen molar-refractivity contribution in [1.82, 2.24) is 0 Å². The van der Waals surface area contributed by atoms with E-state index in [1.807, 2.05) is 35.3 Å². The first-order chi connectivity index (χ1) is 5.20. The zero-order valence-corrected chi connectivity index (χ0v) is 9.26. The number of allylic oxidation sites excluding steroid dienone is 6. The standard InChI is InChI=1S/C9H10ClI/c1-3-9(10)5-4-8(2)6-7-11/h3-7H,2H2,1H3/b5-4-,7-6+,9-3+. The Bertz CT molecular complexity index is 212. The lowest BCUT2D eigenvalue weighted by Crippen LogP contribution is -1.65. The second-order valence-corrected chi connectivity index (χ2v) is 3.03. The summed E-state index contributed by atoms with van der Waals surface area (Å²) in [4.78, 5) is 0. The summed E-state index contributed by atoms with van der Waals surface area (Å²) in [6.07, 6.45) is 7.44. The highest BCUT2D eigenvalue weighted by atomic mass is 127. The van der Waals surface area contributed by atoms with Gasteiger partial charge in [0.2, 0.25) is 0 Å². The summed E-state index contributed by atoms with van der Waals surface area (Å²) in [5, 5.41) is 0.730. The Morgan fingerprint density at radius 1 is 1.36 bits per heavy atom. The zero-order chi connectivity index (χ0) is 8.69. The van der Waals surface area contributed by atoms with Crippen LogP contribution in [0.25, 0.3) is 0 Å². The van der Waals surface area contributed by atoms with E-state index in [1.165, 1.54) is 0 Å². The first-order valence-electron chi connectivity index (χ1n) is 3.16. The van der Waals surface area contributed by atoms with Crippen molar-refractivity contribution in [2.75, 3.05) is 0 Å². The van der Waals surface area contributed by atoms with Crippen molar-refractivity contribution in [3.63, 3.8) is 0 Å². The van der Waals surface area contributed by atoms with Gasteiger partial charge in [-0.05, 0) is 28.7 Å². The summed E-state index contributed by atoms with van der Waals surface area (Å²) in [6, 6.07) is 0. The maximum atomic E-state index is 5.72. The van der Waals surface area contributed by atoms with Crippen molar-refractivity contribution in [2.24, 2.45) is 0 Å².